The van der Waals surface area contributed by atoms with Crippen LogP contribution in [0.1, 0.15) is 51.1 Å². The predicted octanol–water partition coefficient (Wildman–Crippen LogP) is 1.74. The van der Waals surface area contributed by atoms with Crippen molar-refractivity contribution in [3.63, 3.8) is 0 Å². The molecule has 6 heteroatoms. The van der Waals surface area contributed by atoms with Crippen molar-refractivity contribution in [2.24, 2.45) is 5.41 Å². The Hall–Kier alpha value is -1.85. The number of amides is 1. The highest BCUT2D eigenvalue weighted by molar-refractivity contribution is 5.82. The summed E-state index contributed by atoms with van der Waals surface area (Å²) in [6.45, 7) is 5.52. The average Bonchev–Trinajstić information content (AvgIpc) is 2.95. The third-order valence-corrected chi connectivity index (χ3v) is 5.24. The smallest absolute Gasteiger partial charge is 0.252 e. The van der Waals surface area contributed by atoms with Crippen LogP contribution in [-0.2, 0) is 4.79 Å². The normalized spacial score (nSPS) is 21.4. The lowest BCUT2D eigenvalue weighted by Gasteiger charge is -2.34. The standard InChI is InChI=1S/C17H26N4O2/c1-12-11-14(22)20-16(18-12)21-9-5-13(6-10-21)19-15(23)17(2)7-3-4-8-17/h11,13H,3-10H2,1-2H3,(H,19,23)(H,18,20,22). The molecule has 1 aromatic rings. The number of anilines is 1. The molecule has 2 heterocycles. The van der Waals surface area contributed by atoms with E-state index in [0.717, 1.165) is 57.3 Å². The highest BCUT2D eigenvalue weighted by Crippen LogP contribution is 2.37. The molecule has 6 nitrogen and oxygen atoms in total. The van der Waals surface area contributed by atoms with E-state index < -0.39 is 0 Å². The number of nitrogens with zero attached hydrogens (tertiary/aromatic N) is 2. The number of carbonyl (C=O) groups excluding carboxylic acids is 1. The van der Waals surface area contributed by atoms with Gasteiger partial charge in [0.2, 0.25) is 11.9 Å². The third-order valence-electron chi connectivity index (χ3n) is 5.24. The summed E-state index contributed by atoms with van der Waals surface area (Å²) in [7, 11) is 0. The van der Waals surface area contributed by atoms with Crippen LogP contribution in [0.2, 0.25) is 0 Å². The van der Waals surface area contributed by atoms with Gasteiger partial charge < -0.3 is 10.2 Å². The van der Waals surface area contributed by atoms with Crippen LogP contribution in [0.25, 0.3) is 0 Å². The fourth-order valence-electron chi connectivity index (χ4n) is 3.69. The van der Waals surface area contributed by atoms with Crippen LogP contribution in [0, 0.1) is 12.3 Å². The fourth-order valence-corrected chi connectivity index (χ4v) is 3.69. The molecular weight excluding hydrogens is 292 g/mol. The highest BCUT2D eigenvalue weighted by atomic mass is 16.2. The lowest BCUT2D eigenvalue weighted by Crippen LogP contribution is -2.48. The lowest BCUT2D eigenvalue weighted by molar-refractivity contribution is -0.130. The van der Waals surface area contributed by atoms with Gasteiger partial charge in [0.25, 0.3) is 5.56 Å². The number of nitrogens with one attached hydrogen (secondary N) is 2. The molecule has 1 amide bonds. The molecule has 0 atom stereocenters. The van der Waals surface area contributed by atoms with Gasteiger partial charge in [-0.05, 0) is 32.6 Å². The molecule has 1 saturated heterocycles. The Bertz CT molecular complexity index is 626. The number of piperidine rings is 1. The fraction of sp³-hybridized carbons (Fsp3) is 0.706. The van der Waals surface area contributed by atoms with E-state index in [2.05, 4.69) is 27.1 Å². The second-order valence-electron chi connectivity index (χ2n) is 7.21. The molecular formula is C17H26N4O2. The van der Waals surface area contributed by atoms with Crippen molar-refractivity contribution in [2.75, 3.05) is 18.0 Å². The zero-order valence-corrected chi connectivity index (χ0v) is 14.0. The van der Waals surface area contributed by atoms with Gasteiger partial charge in [-0.3, -0.25) is 14.6 Å². The molecule has 0 unspecified atom stereocenters. The van der Waals surface area contributed by atoms with Crippen molar-refractivity contribution in [2.45, 2.75) is 58.4 Å². The molecule has 1 aliphatic carbocycles. The van der Waals surface area contributed by atoms with Gasteiger partial charge in [-0.1, -0.05) is 19.8 Å². The summed E-state index contributed by atoms with van der Waals surface area (Å²) in [5.41, 5.74) is 0.450. The van der Waals surface area contributed by atoms with Crippen molar-refractivity contribution in [1.82, 2.24) is 15.3 Å². The topological polar surface area (TPSA) is 78.1 Å². The second-order valence-corrected chi connectivity index (χ2v) is 7.21. The van der Waals surface area contributed by atoms with Crippen molar-refractivity contribution < 1.29 is 4.79 Å². The molecule has 0 bridgehead atoms. The summed E-state index contributed by atoms with van der Waals surface area (Å²) in [6, 6.07) is 1.73. The van der Waals surface area contributed by atoms with Gasteiger partial charge in [-0.2, -0.15) is 0 Å². The minimum atomic E-state index is -0.166. The molecule has 1 aliphatic heterocycles. The molecule has 2 aliphatic rings. The van der Waals surface area contributed by atoms with E-state index in [1.54, 1.807) is 0 Å². The first-order chi connectivity index (χ1) is 11.0. The molecule has 23 heavy (non-hydrogen) atoms. The van der Waals surface area contributed by atoms with Crippen LogP contribution in [0.5, 0.6) is 0 Å². The molecule has 1 saturated carbocycles. The quantitative estimate of drug-likeness (QED) is 0.890. The van der Waals surface area contributed by atoms with Crippen LogP contribution >= 0.6 is 0 Å². The number of rotatable bonds is 3. The lowest BCUT2D eigenvalue weighted by atomic mass is 9.87. The maximum Gasteiger partial charge on any atom is 0.252 e. The van der Waals surface area contributed by atoms with Crippen molar-refractivity contribution >= 4 is 11.9 Å². The predicted molar refractivity (Wildman–Crippen MR) is 89.5 cm³/mol. The number of hydrogen-bond acceptors (Lipinski definition) is 4. The van der Waals surface area contributed by atoms with Gasteiger partial charge in [0, 0.05) is 36.3 Å². The zero-order chi connectivity index (χ0) is 16.4. The van der Waals surface area contributed by atoms with Crippen molar-refractivity contribution in [1.29, 1.82) is 0 Å². The van der Waals surface area contributed by atoms with Crippen LogP contribution in [0.3, 0.4) is 0 Å². The molecule has 0 spiro atoms. The summed E-state index contributed by atoms with van der Waals surface area (Å²) in [5.74, 6) is 0.859. The summed E-state index contributed by atoms with van der Waals surface area (Å²) in [4.78, 5) is 33.3. The van der Waals surface area contributed by atoms with Crippen molar-refractivity contribution in [3.05, 3.63) is 22.1 Å². The van der Waals surface area contributed by atoms with Crippen LogP contribution in [0.4, 0.5) is 5.95 Å². The van der Waals surface area contributed by atoms with Crippen LogP contribution in [-0.4, -0.2) is 35.0 Å². The Morgan fingerprint density at radius 1 is 1.35 bits per heavy atom. The summed E-state index contributed by atoms with van der Waals surface area (Å²) in [5, 5.41) is 3.24. The first kappa shape index (κ1) is 16.0. The van der Waals surface area contributed by atoms with E-state index in [4.69, 9.17) is 0 Å². The number of aryl methyl sites for hydroxylation is 1. The van der Waals surface area contributed by atoms with E-state index >= 15 is 0 Å². The zero-order valence-electron chi connectivity index (χ0n) is 14.0. The molecule has 2 fully saturated rings. The summed E-state index contributed by atoms with van der Waals surface area (Å²) >= 11 is 0. The van der Waals surface area contributed by atoms with Gasteiger partial charge in [0.05, 0.1) is 0 Å². The largest absolute Gasteiger partial charge is 0.353 e. The first-order valence-corrected chi connectivity index (χ1v) is 8.60. The molecule has 0 aromatic carbocycles. The highest BCUT2D eigenvalue weighted by Gasteiger charge is 2.37. The molecule has 126 valence electrons. The van der Waals surface area contributed by atoms with Gasteiger partial charge >= 0.3 is 0 Å². The maximum atomic E-state index is 12.5. The number of hydrogen-bond donors (Lipinski definition) is 2. The first-order valence-electron chi connectivity index (χ1n) is 8.60. The van der Waals surface area contributed by atoms with Gasteiger partial charge in [0.15, 0.2) is 0 Å². The van der Waals surface area contributed by atoms with Crippen LogP contribution < -0.4 is 15.8 Å². The molecule has 3 rings (SSSR count). The Kier molecular flexibility index (Phi) is 4.41. The number of aromatic nitrogens is 2. The van der Waals surface area contributed by atoms with Crippen molar-refractivity contribution in [3.8, 4) is 0 Å². The number of carbonyl (C=O) groups is 1. The minimum Gasteiger partial charge on any atom is -0.353 e. The summed E-state index contributed by atoms with van der Waals surface area (Å²) < 4.78 is 0. The average molecular weight is 318 g/mol. The van der Waals surface area contributed by atoms with Crippen LogP contribution in [0.15, 0.2) is 10.9 Å². The maximum absolute atomic E-state index is 12.5. The number of H-pyrrole nitrogens is 1. The Morgan fingerprint density at radius 2 is 2.00 bits per heavy atom. The van der Waals surface area contributed by atoms with E-state index in [9.17, 15) is 9.59 Å². The molecule has 1 aromatic heterocycles. The Labute approximate surface area is 136 Å². The third kappa shape index (κ3) is 3.57. The minimum absolute atomic E-state index is 0.114. The van der Waals surface area contributed by atoms with E-state index in [1.807, 2.05) is 6.92 Å². The second kappa shape index (κ2) is 6.34. The van der Waals surface area contributed by atoms with Gasteiger partial charge in [0.1, 0.15) is 0 Å². The molecule has 0 radical (unpaired) electrons. The monoisotopic (exact) mass is 318 g/mol. The number of aromatic amines is 1. The Balaban J connectivity index is 1.56. The summed E-state index contributed by atoms with van der Waals surface area (Å²) in [6.07, 6.45) is 6.11. The van der Waals surface area contributed by atoms with Gasteiger partial charge in [-0.15, -0.1) is 0 Å². The van der Waals surface area contributed by atoms with E-state index in [0.29, 0.717) is 5.95 Å². The molecule has 2 N–H and O–H groups in total. The van der Waals surface area contributed by atoms with E-state index in [-0.39, 0.29) is 22.9 Å². The Morgan fingerprint density at radius 3 is 2.61 bits per heavy atom. The van der Waals surface area contributed by atoms with Gasteiger partial charge in [-0.25, -0.2) is 4.98 Å². The SMILES string of the molecule is Cc1cc(=O)[nH]c(N2CCC(NC(=O)C3(C)CCCC3)CC2)n1. The van der Waals surface area contributed by atoms with E-state index in [1.165, 1.54) is 6.07 Å².